The topological polar surface area (TPSA) is 0 Å². The van der Waals surface area contributed by atoms with Crippen molar-refractivity contribution in [3.8, 4) is 0 Å². The molecule has 0 aromatic heterocycles. The summed E-state index contributed by atoms with van der Waals surface area (Å²) in [5.74, 6) is 0.465. The van der Waals surface area contributed by atoms with Crippen molar-refractivity contribution >= 4 is 0 Å². The maximum atomic E-state index is 3.67. The van der Waals surface area contributed by atoms with Crippen molar-refractivity contribution in [1.82, 2.24) is 0 Å². The molecule has 1 aromatic carbocycles. The molecule has 0 bridgehead atoms. The fourth-order valence-electron chi connectivity index (χ4n) is 1.40. The molecule has 0 saturated heterocycles. The summed E-state index contributed by atoms with van der Waals surface area (Å²) in [4.78, 5) is 0. The van der Waals surface area contributed by atoms with Crippen molar-refractivity contribution in [2.45, 2.75) is 40.5 Å². The van der Waals surface area contributed by atoms with E-state index in [0.29, 0.717) is 5.92 Å². The molecule has 0 fully saturated rings. The van der Waals surface area contributed by atoms with Crippen LogP contribution in [-0.4, -0.2) is 0 Å². The minimum atomic E-state index is 0.465. The lowest BCUT2D eigenvalue weighted by Crippen LogP contribution is -1.91. The molecule has 0 spiro atoms. The molecule has 0 saturated carbocycles. The fourth-order valence-corrected chi connectivity index (χ4v) is 1.40. The minimum absolute atomic E-state index is 0.465. The highest BCUT2D eigenvalue weighted by molar-refractivity contribution is 5.33. The first-order valence-corrected chi connectivity index (χ1v) is 6.01. The number of benzene rings is 1. The summed E-state index contributed by atoms with van der Waals surface area (Å²) in [7, 11) is 0. The van der Waals surface area contributed by atoms with Crippen molar-refractivity contribution in [2.75, 3.05) is 0 Å². The largest absolute Gasteiger partial charge is 0.0991 e. The Morgan fingerprint density at radius 2 is 1.75 bits per heavy atom. The Hall–Kier alpha value is -1.30. The predicted molar refractivity (Wildman–Crippen MR) is 75.0 cm³/mol. The van der Waals surface area contributed by atoms with Crippen LogP contribution < -0.4 is 0 Å². The third-order valence-corrected chi connectivity index (χ3v) is 2.59. The van der Waals surface area contributed by atoms with Gasteiger partial charge in [-0.3, -0.25) is 0 Å². The summed E-state index contributed by atoms with van der Waals surface area (Å²) in [6.45, 7) is 14.2. The van der Waals surface area contributed by atoms with E-state index in [-0.39, 0.29) is 0 Å². The molecule has 0 heteroatoms. The van der Waals surface area contributed by atoms with E-state index in [2.05, 4.69) is 51.6 Å². The van der Waals surface area contributed by atoms with Crippen LogP contribution in [0.5, 0.6) is 0 Å². The van der Waals surface area contributed by atoms with E-state index in [0.717, 1.165) is 0 Å². The molecule has 0 heterocycles. The van der Waals surface area contributed by atoms with Crippen LogP contribution in [-0.2, 0) is 0 Å². The van der Waals surface area contributed by atoms with Crippen molar-refractivity contribution < 1.29 is 0 Å². The van der Waals surface area contributed by atoms with Crippen LogP contribution in [0.15, 0.2) is 43.0 Å². The van der Waals surface area contributed by atoms with E-state index in [4.69, 9.17) is 0 Å². The molecule has 0 aliphatic rings. The lowest BCUT2D eigenvalue weighted by molar-refractivity contribution is 0.962. The smallest absolute Gasteiger partial charge is 0.000722 e. The Morgan fingerprint density at radius 1 is 1.12 bits per heavy atom. The third kappa shape index (κ3) is 4.48. The Balaban J connectivity index is 0.00000106. The number of hydrogen-bond donors (Lipinski definition) is 0. The Labute approximate surface area is 101 Å². The van der Waals surface area contributed by atoms with E-state index in [1.165, 1.54) is 16.7 Å². The molecule has 0 radical (unpaired) electrons. The molecule has 0 amide bonds. The maximum Gasteiger partial charge on any atom is -0.000722 e. The SMILES string of the molecule is C=C/C=C\C(C)c1ccc(C)c(C)c1.CC. The first kappa shape index (κ1) is 14.7. The standard InChI is InChI=1S/C14H18.C2H6/c1-5-6-7-12(3)14-9-8-11(2)13(4)10-14;1-2/h5-10,12H,1H2,2-4H3;1-2H3/b7-6-;. The zero-order chi connectivity index (χ0) is 12.6. The predicted octanol–water partition coefficient (Wildman–Crippen LogP) is 5.18. The van der Waals surface area contributed by atoms with Crippen molar-refractivity contribution in [2.24, 2.45) is 0 Å². The molecular weight excluding hydrogens is 192 g/mol. The Bertz CT molecular complexity index is 345. The van der Waals surface area contributed by atoms with Gasteiger partial charge in [-0.05, 0) is 36.5 Å². The number of hydrogen-bond acceptors (Lipinski definition) is 0. The summed E-state index contributed by atoms with van der Waals surface area (Å²) in [5, 5.41) is 0. The summed E-state index contributed by atoms with van der Waals surface area (Å²) >= 11 is 0. The second-order valence-electron chi connectivity index (χ2n) is 3.75. The van der Waals surface area contributed by atoms with Crippen LogP contribution in [0.3, 0.4) is 0 Å². The number of aryl methyl sites for hydroxylation is 2. The van der Waals surface area contributed by atoms with Gasteiger partial charge in [0.15, 0.2) is 0 Å². The second kappa shape index (κ2) is 7.92. The highest BCUT2D eigenvalue weighted by Gasteiger charge is 2.01. The molecule has 1 atom stereocenters. The van der Waals surface area contributed by atoms with Crippen molar-refractivity contribution in [3.63, 3.8) is 0 Å². The van der Waals surface area contributed by atoms with Crippen LogP contribution >= 0.6 is 0 Å². The van der Waals surface area contributed by atoms with Gasteiger partial charge in [0, 0.05) is 0 Å². The highest BCUT2D eigenvalue weighted by atomic mass is 14.1. The quantitative estimate of drug-likeness (QED) is 0.611. The van der Waals surface area contributed by atoms with Gasteiger partial charge >= 0.3 is 0 Å². The van der Waals surface area contributed by atoms with Gasteiger partial charge in [-0.25, -0.2) is 0 Å². The summed E-state index contributed by atoms with van der Waals surface area (Å²) in [6, 6.07) is 6.64. The van der Waals surface area contributed by atoms with Gasteiger partial charge < -0.3 is 0 Å². The zero-order valence-electron chi connectivity index (χ0n) is 11.2. The summed E-state index contributed by atoms with van der Waals surface area (Å²) in [6.07, 6.45) is 5.98. The van der Waals surface area contributed by atoms with E-state index in [9.17, 15) is 0 Å². The monoisotopic (exact) mass is 216 g/mol. The second-order valence-corrected chi connectivity index (χ2v) is 3.75. The van der Waals surface area contributed by atoms with E-state index >= 15 is 0 Å². The van der Waals surface area contributed by atoms with Gasteiger partial charge in [-0.1, -0.05) is 63.8 Å². The van der Waals surface area contributed by atoms with Gasteiger partial charge in [-0.15, -0.1) is 0 Å². The van der Waals surface area contributed by atoms with Crippen LogP contribution in [0.4, 0.5) is 0 Å². The molecule has 0 aliphatic heterocycles. The van der Waals surface area contributed by atoms with Crippen molar-refractivity contribution in [3.05, 3.63) is 59.7 Å². The first-order valence-electron chi connectivity index (χ1n) is 6.01. The molecule has 0 N–H and O–H groups in total. The highest BCUT2D eigenvalue weighted by Crippen LogP contribution is 2.19. The molecule has 88 valence electrons. The van der Waals surface area contributed by atoms with E-state index in [1.807, 2.05) is 26.0 Å². The zero-order valence-corrected chi connectivity index (χ0v) is 11.2. The van der Waals surface area contributed by atoms with Gasteiger partial charge in [0.25, 0.3) is 0 Å². The number of allylic oxidation sites excluding steroid dienone is 3. The van der Waals surface area contributed by atoms with Crippen LogP contribution in [0.25, 0.3) is 0 Å². The Morgan fingerprint density at radius 3 is 2.25 bits per heavy atom. The minimum Gasteiger partial charge on any atom is -0.0991 e. The molecule has 0 aliphatic carbocycles. The van der Waals surface area contributed by atoms with Gasteiger partial charge in [0.1, 0.15) is 0 Å². The number of rotatable bonds is 3. The average Bonchev–Trinajstić information content (AvgIpc) is 2.32. The molecule has 1 rings (SSSR count). The summed E-state index contributed by atoms with van der Waals surface area (Å²) in [5.41, 5.74) is 4.08. The fraction of sp³-hybridized carbons (Fsp3) is 0.375. The van der Waals surface area contributed by atoms with Gasteiger partial charge in [0.05, 0.1) is 0 Å². The third-order valence-electron chi connectivity index (χ3n) is 2.59. The molecule has 1 aromatic rings. The maximum absolute atomic E-state index is 3.67. The Kier molecular flexibility index (Phi) is 7.28. The normalized spacial score (nSPS) is 11.8. The van der Waals surface area contributed by atoms with E-state index < -0.39 is 0 Å². The first-order chi connectivity index (χ1) is 7.65. The van der Waals surface area contributed by atoms with Crippen LogP contribution in [0, 0.1) is 13.8 Å². The van der Waals surface area contributed by atoms with Crippen LogP contribution in [0.1, 0.15) is 43.4 Å². The summed E-state index contributed by atoms with van der Waals surface area (Å²) < 4.78 is 0. The van der Waals surface area contributed by atoms with Crippen LogP contribution in [0.2, 0.25) is 0 Å². The average molecular weight is 216 g/mol. The molecule has 16 heavy (non-hydrogen) atoms. The molecule has 1 unspecified atom stereocenters. The molecular formula is C16H24. The van der Waals surface area contributed by atoms with Gasteiger partial charge in [-0.2, -0.15) is 0 Å². The van der Waals surface area contributed by atoms with E-state index in [1.54, 1.807) is 0 Å². The lowest BCUT2D eigenvalue weighted by Gasteiger charge is -2.09. The lowest BCUT2D eigenvalue weighted by atomic mass is 9.97. The molecule has 0 nitrogen and oxygen atoms in total. The van der Waals surface area contributed by atoms with Crippen molar-refractivity contribution in [1.29, 1.82) is 0 Å². The van der Waals surface area contributed by atoms with Gasteiger partial charge in [0.2, 0.25) is 0 Å².